The number of benzene rings is 1. The lowest BCUT2D eigenvalue weighted by molar-refractivity contribution is -0.114. The fourth-order valence-corrected chi connectivity index (χ4v) is 2.31. The third kappa shape index (κ3) is 4.00. The van der Waals surface area contributed by atoms with Crippen molar-refractivity contribution in [2.24, 2.45) is 7.05 Å². The SMILES string of the molecule is CC(=O)Nc1ccc2c(c1)nc(CN(C)C(=O)NC(C)C)n2C. The topological polar surface area (TPSA) is 79.3 Å². The van der Waals surface area contributed by atoms with Crippen molar-refractivity contribution in [1.29, 1.82) is 0 Å². The zero-order valence-corrected chi connectivity index (χ0v) is 14.2. The Hall–Kier alpha value is -2.57. The van der Waals surface area contributed by atoms with Crippen molar-refractivity contribution >= 4 is 28.7 Å². The van der Waals surface area contributed by atoms with Crippen LogP contribution in [-0.4, -0.2) is 39.5 Å². The van der Waals surface area contributed by atoms with E-state index in [0.29, 0.717) is 12.2 Å². The summed E-state index contributed by atoms with van der Waals surface area (Å²) in [6.45, 7) is 5.71. The molecule has 0 saturated heterocycles. The van der Waals surface area contributed by atoms with Gasteiger partial charge in [-0.05, 0) is 32.0 Å². The van der Waals surface area contributed by atoms with E-state index in [9.17, 15) is 9.59 Å². The Labute approximate surface area is 135 Å². The van der Waals surface area contributed by atoms with Crippen molar-refractivity contribution in [1.82, 2.24) is 19.8 Å². The fourth-order valence-electron chi connectivity index (χ4n) is 2.31. The van der Waals surface area contributed by atoms with Crippen LogP contribution in [0.2, 0.25) is 0 Å². The maximum absolute atomic E-state index is 12.0. The second kappa shape index (κ2) is 6.68. The minimum absolute atomic E-state index is 0.0885. The standard InChI is InChI=1S/C16H23N5O2/c1-10(2)17-16(23)20(4)9-15-19-13-8-12(18-11(3)22)6-7-14(13)21(15)5/h6-8,10H,9H2,1-5H3,(H,17,23)(H,18,22). The summed E-state index contributed by atoms with van der Waals surface area (Å²) in [5.41, 5.74) is 2.44. The van der Waals surface area contributed by atoms with E-state index in [-0.39, 0.29) is 18.0 Å². The van der Waals surface area contributed by atoms with Crippen LogP contribution in [0.15, 0.2) is 18.2 Å². The molecule has 3 amide bonds. The van der Waals surface area contributed by atoms with Crippen LogP contribution in [0.5, 0.6) is 0 Å². The molecule has 0 aliphatic heterocycles. The molecule has 0 aliphatic rings. The maximum Gasteiger partial charge on any atom is 0.317 e. The Morgan fingerprint density at radius 3 is 2.65 bits per heavy atom. The number of imidazole rings is 1. The number of nitrogens with one attached hydrogen (secondary N) is 2. The fraction of sp³-hybridized carbons (Fsp3) is 0.438. The van der Waals surface area contributed by atoms with Crippen LogP contribution in [0.4, 0.5) is 10.5 Å². The van der Waals surface area contributed by atoms with E-state index in [1.807, 2.05) is 43.7 Å². The number of hydrogen-bond donors (Lipinski definition) is 2. The number of carbonyl (C=O) groups is 2. The summed E-state index contributed by atoms with van der Waals surface area (Å²) in [6, 6.07) is 5.53. The Morgan fingerprint density at radius 2 is 2.04 bits per heavy atom. The molecule has 2 rings (SSSR count). The van der Waals surface area contributed by atoms with Crippen molar-refractivity contribution in [3.8, 4) is 0 Å². The molecule has 0 spiro atoms. The number of hydrogen-bond acceptors (Lipinski definition) is 3. The van der Waals surface area contributed by atoms with Gasteiger partial charge in [-0.25, -0.2) is 9.78 Å². The van der Waals surface area contributed by atoms with Gasteiger partial charge in [-0.3, -0.25) is 4.79 Å². The largest absolute Gasteiger partial charge is 0.336 e. The van der Waals surface area contributed by atoms with Gasteiger partial charge in [0.15, 0.2) is 0 Å². The summed E-state index contributed by atoms with van der Waals surface area (Å²) in [4.78, 5) is 29.3. The number of aromatic nitrogens is 2. The summed E-state index contributed by atoms with van der Waals surface area (Å²) < 4.78 is 1.95. The van der Waals surface area contributed by atoms with E-state index in [1.54, 1.807) is 11.9 Å². The van der Waals surface area contributed by atoms with E-state index >= 15 is 0 Å². The average molecular weight is 317 g/mol. The summed E-state index contributed by atoms with van der Waals surface area (Å²) in [6.07, 6.45) is 0. The number of fused-ring (bicyclic) bond motifs is 1. The molecule has 7 nitrogen and oxygen atoms in total. The molecule has 1 aromatic heterocycles. The summed E-state index contributed by atoms with van der Waals surface area (Å²) in [7, 11) is 3.65. The minimum Gasteiger partial charge on any atom is -0.336 e. The van der Waals surface area contributed by atoms with Gasteiger partial charge in [-0.15, -0.1) is 0 Å². The van der Waals surface area contributed by atoms with Gasteiger partial charge in [-0.2, -0.15) is 0 Å². The number of aryl methyl sites for hydroxylation is 1. The first-order valence-corrected chi connectivity index (χ1v) is 7.52. The molecule has 2 N–H and O–H groups in total. The minimum atomic E-state index is -0.133. The molecule has 0 fully saturated rings. The number of carbonyl (C=O) groups excluding carboxylic acids is 2. The predicted molar refractivity (Wildman–Crippen MR) is 90.2 cm³/mol. The Kier molecular flexibility index (Phi) is 4.88. The van der Waals surface area contributed by atoms with Gasteiger partial charge in [-0.1, -0.05) is 0 Å². The van der Waals surface area contributed by atoms with Crippen molar-refractivity contribution in [3.05, 3.63) is 24.0 Å². The van der Waals surface area contributed by atoms with Crippen LogP contribution in [-0.2, 0) is 18.4 Å². The lowest BCUT2D eigenvalue weighted by atomic mass is 10.2. The molecule has 0 unspecified atom stereocenters. The maximum atomic E-state index is 12.0. The molecule has 1 aromatic carbocycles. The quantitative estimate of drug-likeness (QED) is 0.906. The van der Waals surface area contributed by atoms with E-state index in [2.05, 4.69) is 15.6 Å². The smallest absolute Gasteiger partial charge is 0.317 e. The second-order valence-corrected chi connectivity index (χ2v) is 5.93. The van der Waals surface area contributed by atoms with Gasteiger partial charge in [0.05, 0.1) is 17.6 Å². The highest BCUT2D eigenvalue weighted by Gasteiger charge is 2.15. The first-order chi connectivity index (χ1) is 10.8. The lowest BCUT2D eigenvalue weighted by Crippen LogP contribution is -2.40. The highest BCUT2D eigenvalue weighted by atomic mass is 16.2. The van der Waals surface area contributed by atoms with Gasteiger partial charge < -0.3 is 20.1 Å². The van der Waals surface area contributed by atoms with Gasteiger partial charge in [0.1, 0.15) is 5.82 Å². The number of rotatable bonds is 4. The summed E-state index contributed by atoms with van der Waals surface area (Å²) in [5.74, 6) is 0.659. The van der Waals surface area contributed by atoms with Crippen molar-refractivity contribution in [2.75, 3.05) is 12.4 Å². The molecule has 7 heteroatoms. The molecule has 0 aliphatic carbocycles. The van der Waals surface area contributed by atoms with Crippen molar-refractivity contribution in [2.45, 2.75) is 33.4 Å². The van der Waals surface area contributed by atoms with Crippen LogP contribution in [0.3, 0.4) is 0 Å². The Balaban J connectivity index is 2.22. The molecule has 2 aromatic rings. The number of anilines is 1. The first-order valence-electron chi connectivity index (χ1n) is 7.52. The monoisotopic (exact) mass is 317 g/mol. The molecule has 0 saturated carbocycles. The van der Waals surface area contributed by atoms with Crippen LogP contribution in [0.1, 0.15) is 26.6 Å². The van der Waals surface area contributed by atoms with Crippen molar-refractivity contribution in [3.63, 3.8) is 0 Å². The third-order valence-electron chi connectivity index (χ3n) is 3.43. The van der Waals surface area contributed by atoms with E-state index in [4.69, 9.17) is 0 Å². The van der Waals surface area contributed by atoms with Gasteiger partial charge in [0.2, 0.25) is 5.91 Å². The zero-order valence-electron chi connectivity index (χ0n) is 14.2. The van der Waals surface area contributed by atoms with Gasteiger partial charge in [0.25, 0.3) is 0 Å². The van der Waals surface area contributed by atoms with Crippen LogP contribution < -0.4 is 10.6 Å². The Bertz CT molecular complexity index is 735. The predicted octanol–water partition coefficient (Wildman–Crippen LogP) is 2.08. The van der Waals surface area contributed by atoms with Gasteiger partial charge in [0, 0.05) is 32.7 Å². The van der Waals surface area contributed by atoms with Crippen LogP contribution in [0, 0.1) is 0 Å². The highest BCUT2D eigenvalue weighted by Crippen LogP contribution is 2.20. The molecule has 0 bridgehead atoms. The van der Waals surface area contributed by atoms with E-state index < -0.39 is 0 Å². The molecule has 124 valence electrons. The zero-order chi connectivity index (χ0) is 17.1. The molecule has 23 heavy (non-hydrogen) atoms. The number of urea groups is 1. The molecular weight excluding hydrogens is 294 g/mol. The van der Waals surface area contributed by atoms with E-state index in [0.717, 1.165) is 16.9 Å². The average Bonchev–Trinajstić information content (AvgIpc) is 2.73. The molecular formula is C16H23N5O2. The first kappa shape index (κ1) is 16.8. The Morgan fingerprint density at radius 1 is 1.35 bits per heavy atom. The number of amides is 3. The van der Waals surface area contributed by atoms with Crippen molar-refractivity contribution < 1.29 is 9.59 Å². The third-order valence-corrected chi connectivity index (χ3v) is 3.43. The molecule has 1 heterocycles. The van der Waals surface area contributed by atoms with Crippen LogP contribution >= 0.6 is 0 Å². The second-order valence-electron chi connectivity index (χ2n) is 5.93. The van der Waals surface area contributed by atoms with Crippen LogP contribution in [0.25, 0.3) is 11.0 Å². The summed E-state index contributed by atoms with van der Waals surface area (Å²) >= 11 is 0. The number of nitrogens with zero attached hydrogens (tertiary/aromatic N) is 3. The van der Waals surface area contributed by atoms with Gasteiger partial charge >= 0.3 is 6.03 Å². The lowest BCUT2D eigenvalue weighted by Gasteiger charge is -2.19. The molecule has 0 radical (unpaired) electrons. The van der Waals surface area contributed by atoms with E-state index in [1.165, 1.54) is 6.92 Å². The summed E-state index contributed by atoms with van der Waals surface area (Å²) in [5, 5.41) is 5.59. The molecule has 0 atom stereocenters. The highest BCUT2D eigenvalue weighted by molar-refractivity contribution is 5.91. The normalized spacial score (nSPS) is 10.9.